The van der Waals surface area contributed by atoms with E-state index in [9.17, 15) is 9.90 Å². The number of hydrogen-bond donors (Lipinski definition) is 2. The Bertz CT molecular complexity index is 595. The van der Waals surface area contributed by atoms with Gasteiger partial charge in [0.05, 0.1) is 24.2 Å². The predicted octanol–water partition coefficient (Wildman–Crippen LogP) is 2.10. The number of ether oxygens (including phenoxy) is 1. The number of phenols is 1. The standard InChI is InChI=1S/C13H14N2O3S/c1-8-14-6-9(19-8)7-15-13(17)10-4-3-5-11(18-2)12(10)16/h3-6,16H,7H2,1-2H3,(H,15,17). The summed E-state index contributed by atoms with van der Waals surface area (Å²) in [5.74, 6) is -0.216. The summed E-state index contributed by atoms with van der Waals surface area (Å²) < 4.78 is 4.96. The van der Waals surface area contributed by atoms with E-state index >= 15 is 0 Å². The van der Waals surface area contributed by atoms with Crippen molar-refractivity contribution >= 4 is 17.2 Å². The summed E-state index contributed by atoms with van der Waals surface area (Å²) in [4.78, 5) is 17.0. The van der Waals surface area contributed by atoms with Gasteiger partial charge in [-0.25, -0.2) is 4.98 Å². The number of carbonyl (C=O) groups excluding carboxylic acids is 1. The number of benzene rings is 1. The molecule has 100 valence electrons. The van der Waals surface area contributed by atoms with E-state index in [0.29, 0.717) is 6.54 Å². The molecule has 1 heterocycles. The third-order valence-corrected chi connectivity index (χ3v) is 3.47. The molecule has 0 unspecified atom stereocenters. The van der Waals surface area contributed by atoms with Gasteiger partial charge in [-0.3, -0.25) is 4.79 Å². The topological polar surface area (TPSA) is 71.5 Å². The summed E-state index contributed by atoms with van der Waals surface area (Å²) in [5, 5.41) is 13.6. The van der Waals surface area contributed by atoms with Crippen LogP contribution in [0.3, 0.4) is 0 Å². The number of aromatic hydroxyl groups is 1. The van der Waals surface area contributed by atoms with Crippen LogP contribution in [0.1, 0.15) is 20.2 Å². The zero-order chi connectivity index (χ0) is 13.8. The number of nitrogens with one attached hydrogen (secondary N) is 1. The third kappa shape index (κ3) is 3.03. The first-order valence-electron chi connectivity index (χ1n) is 5.67. The molecule has 0 saturated heterocycles. The normalized spacial score (nSPS) is 10.2. The quantitative estimate of drug-likeness (QED) is 0.898. The van der Waals surface area contributed by atoms with Gasteiger partial charge in [-0.1, -0.05) is 6.07 Å². The number of nitrogens with zero attached hydrogens (tertiary/aromatic N) is 1. The van der Waals surface area contributed by atoms with Gasteiger partial charge in [0.15, 0.2) is 11.5 Å². The molecule has 0 radical (unpaired) electrons. The van der Waals surface area contributed by atoms with Crippen molar-refractivity contribution < 1.29 is 14.6 Å². The van der Waals surface area contributed by atoms with Crippen LogP contribution in [0.4, 0.5) is 0 Å². The molecule has 5 nitrogen and oxygen atoms in total. The fourth-order valence-electron chi connectivity index (χ4n) is 1.62. The fourth-order valence-corrected chi connectivity index (χ4v) is 2.35. The lowest BCUT2D eigenvalue weighted by Gasteiger charge is -2.08. The van der Waals surface area contributed by atoms with Crippen LogP contribution in [0.2, 0.25) is 0 Å². The Morgan fingerprint density at radius 3 is 2.95 bits per heavy atom. The Labute approximate surface area is 114 Å². The van der Waals surface area contributed by atoms with E-state index in [2.05, 4.69) is 10.3 Å². The number of amides is 1. The summed E-state index contributed by atoms with van der Waals surface area (Å²) >= 11 is 1.52. The monoisotopic (exact) mass is 278 g/mol. The SMILES string of the molecule is COc1cccc(C(=O)NCc2cnc(C)s2)c1O. The molecular weight excluding hydrogens is 264 g/mol. The molecule has 0 saturated carbocycles. The molecule has 0 bridgehead atoms. The number of hydrogen-bond acceptors (Lipinski definition) is 5. The van der Waals surface area contributed by atoms with Crippen LogP contribution in [0.15, 0.2) is 24.4 Å². The first kappa shape index (κ1) is 13.4. The maximum Gasteiger partial charge on any atom is 0.255 e. The van der Waals surface area contributed by atoms with Gasteiger partial charge in [0.25, 0.3) is 5.91 Å². The average Bonchev–Trinajstić information content (AvgIpc) is 2.82. The van der Waals surface area contributed by atoms with Crippen molar-refractivity contribution in [2.75, 3.05) is 7.11 Å². The zero-order valence-corrected chi connectivity index (χ0v) is 11.5. The van der Waals surface area contributed by atoms with E-state index in [0.717, 1.165) is 9.88 Å². The van der Waals surface area contributed by atoms with Gasteiger partial charge >= 0.3 is 0 Å². The first-order chi connectivity index (χ1) is 9.11. The van der Waals surface area contributed by atoms with Crippen LogP contribution in [0.5, 0.6) is 11.5 Å². The van der Waals surface area contributed by atoms with Crippen LogP contribution < -0.4 is 10.1 Å². The second kappa shape index (κ2) is 5.71. The number of thiazole rings is 1. The van der Waals surface area contributed by atoms with Crippen LogP contribution in [0.25, 0.3) is 0 Å². The molecule has 2 N–H and O–H groups in total. The Balaban J connectivity index is 2.08. The largest absolute Gasteiger partial charge is 0.504 e. The molecule has 19 heavy (non-hydrogen) atoms. The summed E-state index contributed by atoms with van der Waals surface area (Å²) in [5.41, 5.74) is 0.195. The van der Waals surface area contributed by atoms with Crippen molar-refractivity contribution in [3.8, 4) is 11.5 Å². The number of rotatable bonds is 4. The highest BCUT2D eigenvalue weighted by atomic mass is 32.1. The van der Waals surface area contributed by atoms with Crippen LogP contribution in [-0.4, -0.2) is 23.1 Å². The Morgan fingerprint density at radius 1 is 1.53 bits per heavy atom. The highest BCUT2D eigenvalue weighted by Crippen LogP contribution is 2.29. The molecule has 1 aromatic carbocycles. The van der Waals surface area contributed by atoms with Crippen molar-refractivity contribution in [1.29, 1.82) is 0 Å². The van der Waals surface area contributed by atoms with Crippen LogP contribution >= 0.6 is 11.3 Å². The van der Waals surface area contributed by atoms with Gasteiger partial charge < -0.3 is 15.2 Å². The number of aryl methyl sites for hydroxylation is 1. The van der Waals surface area contributed by atoms with E-state index in [1.165, 1.54) is 18.4 Å². The minimum Gasteiger partial charge on any atom is -0.504 e. The molecule has 0 aliphatic heterocycles. The first-order valence-corrected chi connectivity index (χ1v) is 6.49. The van der Waals surface area contributed by atoms with E-state index in [1.807, 2.05) is 6.92 Å². The van der Waals surface area contributed by atoms with Gasteiger partial charge in [0.1, 0.15) is 0 Å². The number of para-hydroxylation sites is 1. The lowest BCUT2D eigenvalue weighted by Crippen LogP contribution is -2.22. The Hall–Kier alpha value is -2.08. The average molecular weight is 278 g/mol. The van der Waals surface area contributed by atoms with Gasteiger partial charge in [-0.2, -0.15) is 0 Å². The second-order valence-electron chi connectivity index (χ2n) is 3.88. The molecule has 2 rings (SSSR count). The molecule has 0 aliphatic carbocycles. The van der Waals surface area contributed by atoms with Gasteiger partial charge in [-0.05, 0) is 19.1 Å². The van der Waals surface area contributed by atoms with Gasteiger partial charge in [0, 0.05) is 11.1 Å². The van der Waals surface area contributed by atoms with Crippen molar-refractivity contribution in [1.82, 2.24) is 10.3 Å². The van der Waals surface area contributed by atoms with E-state index in [4.69, 9.17) is 4.74 Å². The molecule has 6 heteroatoms. The molecule has 1 aromatic heterocycles. The second-order valence-corrected chi connectivity index (χ2v) is 5.20. The molecule has 0 aliphatic rings. The summed E-state index contributed by atoms with van der Waals surface area (Å²) in [7, 11) is 1.44. The van der Waals surface area contributed by atoms with E-state index in [-0.39, 0.29) is 23.0 Å². The summed E-state index contributed by atoms with van der Waals surface area (Å²) in [6.07, 6.45) is 1.73. The molecule has 0 atom stereocenters. The minimum atomic E-state index is -0.345. The fraction of sp³-hybridized carbons (Fsp3) is 0.231. The number of phenolic OH excluding ortho intramolecular Hbond substituents is 1. The predicted molar refractivity (Wildman–Crippen MR) is 72.7 cm³/mol. The third-order valence-electron chi connectivity index (χ3n) is 2.56. The highest BCUT2D eigenvalue weighted by Gasteiger charge is 2.14. The lowest BCUT2D eigenvalue weighted by molar-refractivity contribution is 0.0948. The molecule has 0 spiro atoms. The maximum absolute atomic E-state index is 12.0. The molecule has 1 amide bonds. The van der Waals surface area contributed by atoms with Crippen LogP contribution in [0, 0.1) is 6.92 Å². The maximum atomic E-state index is 12.0. The van der Waals surface area contributed by atoms with Gasteiger partial charge in [0.2, 0.25) is 0 Å². The molecule has 0 fully saturated rings. The number of aromatic nitrogens is 1. The lowest BCUT2D eigenvalue weighted by atomic mass is 10.1. The van der Waals surface area contributed by atoms with E-state index in [1.54, 1.807) is 24.4 Å². The van der Waals surface area contributed by atoms with E-state index < -0.39 is 0 Å². The van der Waals surface area contributed by atoms with Gasteiger partial charge in [-0.15, -0.1) is 11.3 Å². The van der Waals surface area contributed by atoms with Crippen molar-refractivity contribution in [3.05, 3.63) is 39.8 Å². The number of methoxy groups -OCH3 is 1. The number of carbonyl (C=O) groups is 1. The van der Waals surface area contributed by atoms with Crippen molar-refractivity contribution in [2.45, 2.75) is 13.5 Å². The Kier molecular flexibility index (Phi) is 4.01. The summed E-state index contributed by atoms with van der Waals surface area (Å²) in [6, 6.07) is 4.80. The van der Waals surface area contributed by atoms with Crippen molar-refractivity contribution in [3.63, 3.8) is 0 Å². The molecular formula is C13H14N2O3S. The minimum absolute atomic E-state index is 0.150. The Morgan fingerprint density at radius 2 is 2.32 bits per heavy atom. The zero-order valence-electron chi connectivity index (χ0n) is 10.6. The summed E-state index contributed by atoms with van der Waals surface area (Å²) in [6.45, 7) is 2.30. The smallest absolute Gasteiger partial charge is 0.255 e. The molecule has 2 aromatic rings. The highest BCUT2D eigenvalue weighted by molar-refractivity contribution is 7.11. The van der Waals surface area contributed by atoms with Crippen LogP contribution in [-0.2, 0) is 6.54 Å². The van der Waals surface area contributed by atoms with Crippen molar-refractivity contribution in [2.24, 2.45) is 0 Å².